The van der Waals surface area contributed by atoms with Crippen molar-refractivity contribution in [3.63, 3.8) is 0 Å². The summed E-state index contributed by atoms with van der Waals surface area (Å²) in [5.74, 6) is -0.997. The predicted molar refractivity (Wildman–Crippen MR) is 83.7 cm³/mol. The van der Waals surface area contributed by atoms with Gasteiger partial charge in [-0.2, -0.15) is 0 Å². The number of aromatic carboxylic acids is 1. The molecule has 2 rings (SSSR count). The second-order valence-corrected chi connectivity index (χ2v) is 5.82. The van der Waals surface area contributed by atoms with Gasteiger partial charge in [-0.15, -0.1) is 11.3 Å². The summed E-state index contributed by atoms with van der Waals surface area (Å²) in [7, 11) is 1.94. The third-order valence-corrected chi connectivity index (χ3v) is 4.33. The quantitative estimate of drug-likeness (QED) is 0.830. The molecule has 0 saturated heterocycles. The van der Waals surface area contributed by atoms with Crippen LogP contribution in [0.15, 0.2) is 35.7 Å². The highest BCUT2D eigenvalue weighted by Crippen LogP contribution is 2.28. The molecular weight excluding hydrogens is 272 g/mol. The Balaban J connectivity index is 2.22. The Labute approximate surface area is 122 Å². The van der Waals surface area contributed by atoms with Crippen LogP contribution in [0.2, 0.25) is 0 Å². The molecular formula is C15H18N2O2S. The average molecular weight is 290 g/mol. The van der Waals surface area contributed by atoms with Crippen LogP contribution >= 0.6 is 11.3 Å². The van der Waals surface area contributed by atoms with Crippen molar-refractivity contribution in [2.75, 3.05) is 17.7 Å². The summed E-state index contributed by atoms with van der Waals surface area (Å²) < 4.78 is 0. The number of benzene rings is 1. The Morgan fingerprint density at radius 3 is 2.75 bits per heavy atom. The van der Waals surface area contributed by atoms with Crippen LogP contribution in [0, 0.1) is 0 Å². The van der Waals surface area contributed by atoms with E-state index < -0.39 is 5.97 Å². The molecule has 1 heterocycles. The monoisotopic (exact) mass is 290 g/mol. The predicted octanol–water partition coefficient (Wildman–Crippen LogP) is 3.10. The molecule has 0 fully saturated rings. The number of carbonyl (C=O) groups is 1. The fourth-order valence-corrected chi connectivity index (χ4v) is 2.97. The van der Waals surface area contributed by atoms with Gasteiger partial charge in [-0.3, -0.25) is 0 Å². The highest BCUT2D eigenvalue weighted by molar-refractivity contribution is 7.09. The molecule has 1 aromatic carbocycles. The van der Waals surface area contributed by atoms with Crippen molar-refractivity contribution in [2.24, 2.45) is 0 Å². The summed E-state index contributed by atoms with van der Waals surface area (Å²) >= 11 is 1.72. The van der Waals surface area contributed by atoms with E-state index >= 15 is 0 Å². The summed E-state index contributed by atoms with van der Waals surface area (Å²) in [6, 6.07) is 9.48. The van der Waals surface area contributed by atoms with Crippen LogP contribution in [-0.4, -0.2) is 24.2 Å². The Morgan fingerprint density at radius 2 is 2.15 bits per heavy atom. The van der Waals surface area contributed by atoms with Crippen LogP contribution in [-0.2, 0) is 6.42 Å². The summed E-state index contributed by atoms with van der Waals surface area (Å²) in [6.45, 7) is 2.10. The minimum absolute atomic E-state index is 0.151. The zero-order valence-electron chi connectivity index (χ0n) is 11.5. The molecule has 0 aliphatic heterocycles. The highest BCUT2D eigenvalue weighted by Gasteiger charge is 2.17. The zero-order chi connectivity index (χ0) is 14.7. The van der Waals surface area contributed by atoms with Gasteiger partial charge in [0.2, 0.25) is 0 Å². The first-order chi connectivity index (χ1) is 9.50. The van der Waals surface area contributed by atoms with E-state index in [4.69, 9.17) is 10.8 Å². The zero-order valence-corrected chi connectivity index (χ0v) is 12.4. The molecule has 0 saturated carbocycles. The molecule has 1 unspecified atom stereocenters. The van der Waals surface area contributed by atoms with Crippen molar-refractivity contribution >= 4 is 28.7 Å². The van der Waals surface area contributed by atoms with Gasteiger partial charge in [0.05, 0.1) is 16.9 Å². The number of anilines is 2. The molecule has 4 nitrogen and oxygen atoms in total. The summed E-state index contributed by atoms with van der Waals surface area (Å²) in [5, 5.41) is 11.2. The minimum Gasteiger partial charge on any atom is -0.478 e. The van der Waals surface area contributed by atoms with Gasteiger partial charge >= 0.3 is 5.97 Å². The first kappa shape index (κ1) is 14.4. The molecule has 0 spiro atoms. The number of nitrogen functional groups attached to an aromatic ring is 1. The van der Waals surface area contributed by atoms with Gasteiger partial charge in [0, 0.05) is 24.4 Å². The van der Waals surface area contributed by atoms with E-state index in [9.17, 15) is 4.79 Å². The largest absolute Gasteiger partial charge is 0.478 e. The van der Waals surface area contributed by atoms with Crippen LogP contribution in [0.1, 0.15) is 22.2 Å². The van der Waals surface area contributed by atoms with Gasteiger partial charge in [0.25, 0.3) is 0 Å². The highest BCUT2D eigenvalue weighted by atomic mass is 32.1. The number of nitrogens with two attached hydrogens (primary N) is 1. The molecule has 1 atom stereocenters. The molecule has 3 N–H and O–H groups in total. The molecule has 0 radical (unpaired) electrons. The van der Waals surface area contributed by atoms with E-state index in [0.29, 0.717) is 5.69 Å². The van der Waals surface area contributed by atoms with Gasteiger partial charge in [-0.25, -0.2) is 4.79 Å². The third-order valence-electron chi connectivity index (χ3n) is 3.43. The van der Waals surface area contributed by atoms with Crippen LogP contribution < -0.4 is 10.6 Å². The molecule has 0 bridgehead atoms. The van der Waals surface area contributed by atoms with E-state index in [1.165, 1.54) is 10.9 Å². The lowest BCUT2D eigenvalue weighted by molar-refractivity contribution is 0.0698. The van der Waals surface area contributed by atoms with Crippen LogP contribution in [0.3, 0.4) is 0 Å². The Morgan fingerprint density at radius 1 is 1.40 bits per heavy atom. The summed E-state index contributed by atoms with van der Waals surface area (Å²) in [4.78, 5) is 14.5. The molecule has 0 aliphatic rings. The van der Waals surface area contributed by atoms with Gasteiger partial charge in [-0.1, -0.05) is 12.1 Å². The molecule has 5 heteroatoms. The number of para-hydroxylation sites is 1. The van der Waals surface area contributed by atoms with Crippen LogP contribution in [0.5, 0.6) is 0 Å². The van der Waals surface area contributed by atoms with Crippen LogP contribution in [0.4, 0.5) is 11.4 Å². The smallest absolute Gasteiger partial charge is 0.337 e. The minimum atomic E-state index is -0.997. The number of hydrogen-bond donors (Lipinski definition) is 2. The van der Waals surface area contributed by atoms with E-state index in [1.54, 1.807) is 17.4 Å². The van der Waals surface area contributed by atoms with Gasteiger partial charge in [-0.05, 0) is 30.5 Å². The van der Waals surface area contributed by atoms with Gasteiger partial charge in [0.15, 0.2) is 0 Å². The van der Waals surface area contributed by atoms with Gasteiger partial charge in [0.1, 0.15) is 0 Å². The maximum Gasteiger partial charge on any atom is 0.337 e. The van der Waals surface area contributed by atoms with Crippen molar-refractivity contribution in [1.29, 1.82) is 0 Å². The number of hydrogen-bond acceptors (Lipinski definition) is 4. The number of nitrogens with zero attached hydrogens (tertiary/aromatic N) is 1. The van der Waals surface area contributed by atoms with Crippen molar-refractivity contribution in [3.05, 3.63) is 46.2 Å². The normalized spacial score (nSPS) is 12.1. The SMILES string of the molecule is CC(Cc1cccs1)N(C)c1cccc(C(=O)O)c1N. The standard InChI is InChI=1S/C15H18N2O2S/c1-10(9-11-5-4-8-20-11)17(2)13-7-3-6-12(14(13)16)15(18)19/h3-8,10H,9,16H2,1-2H3,(H,18,19). The molecule has 106 valence electrons. The maximum atomic E-state index is 11.1. The van der Waals surface area contributed by atoms with E-state index in [1.807, 2.05) is 24.1 Å². The maximum absolute atomic E-state index is 11.1. The summed E-state index contributed by atoms with van der Waals surface area (Å²) in [6.07, 6.45) is 0.908. The first-order valence-corrected chi connectivity index (χ1v) is 7.25. The topological polar surface area (TPSA) is 66.6 Å². The lowest BCUT2D eigenvalue weighted by Crippen LogP contribution is -2.31. The van der Waals surface area contributed by atoms with Crippen LogP contribution in [0.25, 0.3) is 0 Å². The van der Waals surface area contributed by atoms with E-state index in [0.717, 1.165) is 12.1 Å². The molecule has 20 heavy (non-hydrogen) atoms. The number of likely N-dealkylation sites (N-methyl/N-ethyl adjacent to an activating group) is 1. The summed E-state index contributed by atoms with van der Waals surface area (Å²) in [5.41, 5.74) is 7.21. The lowest BCUT2D eigenvalue weighted by Gasteiger charge is -2.28. The Kier molecular flexibility index (Phi) is 4.29. The van der Waals surface area contributed by atoms with E-state index in [-0.39, 0.29) is 11.6 Å². The van der Waals surface area contributed by atoms with E-state index in [2.05, 4.69) is 18.4 Å². The Bertz CT molecular complexity index is 596. The lowest BCUT2D eigenvalue weighted by atomic mass is 10.1. The molecule has 0 amide bonds. The first-order valence-electron chi connectivity index (χ1n) is 6.37. The number of thiophene rings is 1. The second-order valence-electron chi connectivity index (χ2n) is 4.79. The van der Waals surface area contributed by atoms with Crippen molar-refractivity contribution < 1.29 is 9.90 Å². The number of rotatable bonds is 5. The van der Waals surface area contributed by atoms with Crippen molar-refractivity contribution in [2.45, 2.75) is 19.4 Å². The molecule has 2 aromatic rings. The van der Waals surface area contributed by atoms with Gasteiger partial charge < -0.3 is 15.7 Å². The number of carboxylic acid groups (broad SMARTS) is 1. The van der Waals surface area contributed by atoms with Crippen molar-refractivity contribution in [3.8, 4) is 0 Å². The average Bonchev–Trinajstić information content (AvgIpc) is 2.90. The second kappa shape index (κ2) is 5.96. The Hall–Kier alpha value is -2.01. The molecule has 1 aromatic heterocycles. The van der Waals surface area contributed by atoms with Crippen molar-refractivity contribution in [1.82, 2.24) is 0 Å². The number of carboxylic acids is 1. The molecule has 0 aliphatic carbocycles. The fraction of sp³-hybridized carbons (Fsp3) is 0.267. The third kappa shape index (κ3) is 2.93. The fourth-order valence-electron chi connectivity index (χ4n) is 2.14.